The fourth-order valence-corrected chi connectivity index (χ4v) is 5.65. The molecule has 3 heterocycles. The first kappa shape index (κ1) is 19.4. The summed E-state index contributed by atoms with van der Waals surface area (Å²) in [6.07, 6.45) is 2.68. The maximum Gasteiger partial charge on any atom is 0.254 e. The Labute approximate surface area is 167 Å². The molecule has 3 aliphatic heterocycles. The third-order valence-corrected chi connectivity index (χ3v) is 7.30. The molecule has 3 fully saturated rings. The van der Waals surface area contributed by atoms with E-state index in [4.69, 9.17) is 4.74 Å². The number of hydrogen-bond donors (Lipinski definition) is 1. The molecule has 28 heavy (non-hydrogen) atoms. The summed E-state index contributed by atoms with van der Waals surface area (Å²) in [5, 5.41) is 3.09. The number of methoxy groups -OCH3 is 1. The molecule has 2 spiro atoms. The molecule has 0 aliphatic carbocycles. The number of benzene rings is 1. The van der Waals surface area contributed by atoms with Gasteiger partial charge in [-0.1, -0.05) is 18.2 Å². The Bertz CT molecular complexity index is 757. The number of amides is 2. The van der Waals surface area contributed by atoms with E-state index in [1.807, 2.05) is 36.1 Å². The summed E-state index contributed by atoms with van der Waals surface area (Å²) in [7, 11) is 1.72. The van der Waals surface area contributed by atoms with E-state index in [-0.39, 0.29) is 22.6 Å². The van der Waals surface area contributed by atoms with Gasteiger partial charge in [0.2, 0.25) is 5.91 Å². The standard InChI is InChI=1S/C22H31N3O3/c1-17-5-3-4-6-18(17)19(26)25-11-8-21(9-12-25)15-24(13-14-28-2)16-22(21)7-10-23-20(22)27/h3-6H,7-16H2,1-2H3,(H,23,27)/t22-/m1/s1. The summed E-state index contributed by atoms with van der Waals surface area (Å²) in [5.41, 5.74) is 1.47. The number of rotatable bonds is 4. The molecule has 1 N–H and O–H groups in total. The van der Waals surface area contributed by atoms with Gasteiger partial charge in [0.05, 0.1) is 12.0 Å². The number of hydrogen-bond acceptors (Lipinski definition) is 4. The Kier molecular flexibility index (Phi) is 5.19. The number of nitrogens with zero attached hydrogens (tertiary/aromatic N) is 2. The van der Waals surface area contributed by atoms with E-state index in [0.29, 0.717) is 6.61 Å². The number of carbonyl (C=O) groups is 2. The van der Waals surface area contributed by atoms with Gasteiger partial charge in [0.1, 0.15) is 0 Å². The number of piperidine rings is 1. The molecule has 0 aromatic heterocycles. The lowest BCUT2D eigenvalue weighted by Crippen LogP contribution is -2.53. The fraction of sp³-hybridized carbons (Fsp3) is 0.636. The van der Waals surface area contributed by atoms with Crippen molar-refractivity contribution in [2.75, 3.05) is 53.0 Å². The first-order chi connectivity index (χ1) is 13.5. The van der Waals surface area contributed by atoms with Crippen LogP contribution in [0, 0.1) is 17.8 Å². The van der Waals surface area contributed by atoms with E-state index >= 15 is 0 Å². The predicted octanol–water partition coefficient (Wildman–Crippen LogP) is 1.69. The van der Waals surface area contributed by atoms with Crippen LogP contribution in [0.5, 0.6) is 0 Å². The molecule has 6 nitrogen and oxygen atoms in total. The van der Waals surface area contributed by atoms with Crippen LogP contribution in [-0.4, -0.2) is 74.6 Å². The molecule has 1 atom stereocenters. The summed E-state index contributed by atoms with van der Waals surface area (Å²) in [4.78, 5) is 30.3. The van der Waals surface area contributed by atoms with E-state index in [9.17, 15) is 9.59 Å². The van der Waals surface area contributed by atoms with Crippen molar-refractivity contribution in [2.24, 2.45) is 10.8 Å². The molecule has 0 unspecified atom stereocenters. The number of fused-ring (bicyclic) bond motifs is 1. The summed E-state index contributed by atoms with van der Waals surface area (Å²) < 4.78 is 5.27. The molecule has 152 valence electrons. The maximum atomic E-state index is 13.0. The second-order valence-electron chi connectivity index (χ2n) is 8.68. The zero-order chi connectivity index (χ0) is 19.8. The second-order valence-corrected chi connectivity index (χ2v) is 8.68. The minimum atomic E-state index is -0.307. The lowest BCUT2D eigenvalue weighted by molar-refractivity contribution is -0.133. The van der Waals surface area contributed by atoms with Crippen LogP contribution in [0.2, 0.25) is 0 Å². The molecular formula is C22H31N3O3. The molecule has 1 aromatic rings. The van der Waals surface area contributed by atoms with E-state index in [1.54, 1.807) is 7.11 Å². The van der Waals surface area contributed by atoms with Gasteiger partial charge in [-0.3, -0.25) is 14.5 Å². The second kappa shape index (κ2) is 7.48. The first-order valence-electron chi connectivity index (χ1n) is 10.4. The van der Waals surface area contributed by atoms with E-state index in [1.165, 1.54) is 0 Å². The Hall–Kier alpha value is -1.92. The van der Waals surface area contributed by atoms with Crippen LogP contribution in [0.1, 0.15) is 35.2 Å². The highest BCUT2D eigenvalue weighted by Crippen LogP contribution is 2.56. The van der Waals surface area contributed by atoms with Crippen molar-refractivity contribution < 1.29 is 14.3 Å². The molecule has 0 radical (unpaired) electrons. The average molecular weight is 386 g/mol. The highest BCUT2D eigenvalue weighted by molar-refractivity contribution is 5.95. The van der Waals surface area contributed by atoms with Gasteiger partial charge in [-0.25, -0.2) is 0 Å². The molecule has 4 rings (SSSR count). The number of likely N-dealkylation sites (tertiary alicyclic amines) is 2. The van der Waals surface area contributed by atoms with Crippen molar-refractivity contribution in [2.45, 2.75) is 26.2 Å². The zero-order valence-corrected chi connectivity index (χ0v) is 17.0. The molecule has 0 bridgehead atoms. The topological polar surface area (TPSA) is 61.9 Å². The molecule has 0 saturated carbocycles. The number of nitrogens with one attached hydrogen (secondary N) is 1. The zero-order valence-electron chi connectivity index (χ0n) is 17.0. The third kappa shape index (κ3) is 3.03. The van der Waals surface area contributed by atoms with Crippen molar-refractivity contribution >= 4 is 11.8 Å². The minimum Gasteiger partial charge on any atom is -0.383 e. The Morgan fingerprint density at radius 2 is 1.93 bits per heavy atom. The van der Waals surface area contributed by atoms with Crippen LogP contribution in [0.4, 0.5) is 0 Å². The largest absolute Gasteiger partial charge is 0.383 e. The molecule has 3 saturated heterocycles. The molecular weight excluding hydrogens is 354 g/mol. The fourth-order valence-electron chi connectivity index (χ4n) is 5.65. The quantitative estimate of drug-likeness (QED) is 0.857. The van der Waals surface area contributed by atoms with Crippen LogP contribution < -0.4 is 5.32 Å². The smallest absolute Gasteiger partial charge is 0.254 e. The molecule has 3 aliphatic rings. The van der Waals surface area contributed by atoms with Crippen LogP contribution >= 0.6 is 0 Å². The summed E-state index contributed by atoms with van der Waals surface area (Å²) >= 11 is 0. The van der Waals surface area contributed by atoms with Crippen molar-refractivity contribution in [1.82, 2.24) is 15.1 Å². The lowest BCUT2D eigenvalue weighted by Gasteiger charge is -2.46. The highest BCUT2D eigenvalue weighted by atomic mass is 16.5. The van der Waals surface area contributed by atoms with Crippen molar-refractivity contribution in [3.63, 3.8) is 0 Å². The van der Waals surface area contributed by atoms with Crippen LogP contribution in [-0.2, 0) is 9.53 Å². The van der Waals surface area contributed by atoms with Crippen LogP contribution in [0.25, 0.3) is 0 Å². The average Bonchev–Trinajstić information content (AvgIpc) is 3.22. The predicted molar refractivity (Wildman–Crippen MR) is 107 cm³/mol. The van der Waals surface area contributed by atoms with Gasteiger partial charge in [-0.15, -0.1) is 0 Å². The van der Waals surface area contributed by atoms with E-state index < -0.39 is 0 Å². The molecule has 6 heteroatoms. The number of carbonyl (C=O) groups excluding carboxylic acids is 2. The summed E-state index contributed by atoms with van der Waals surface area (Å²) in [6.45, 7) is 7.49. The monoisotopic (exact) mass is 385 g/mol. The Morgan fingerprint density at radius 1 is 1.18 bits per heavy atom. The Morgan fingerprint density at radius 3 is 2.57 bits per heavy atom. The lowest BCUT2D eigenvalue weighted by atomic mass is 9.60. The summed E-state index contributed by atoms with van der Waals surface area (Å²) in [6, 6.07) is 7.79. The normalized spacial score (nSPS) is 26.9. The number of ether oxygens (including phenoxy) is 1. The number of aryl methyl sites for hydroxylation is 1. The van der Waals surface area contributed by atoms with Gasteiger partial charge in [0.15, 0.2) is 0 Å². The minimum absolute atomic E-state index is 0.0379. The maximum absolute atomic E-state index is 13.0. The Balaban J connectivity index is 1.52. The molecule has 1 aromatic carbocycles. The van der Waals surface area contributed by atoms with E-state index in [0.717, 1.165) is 69.7 Å². The van der Waals surface area contributed by atoms with Gasteiger partial charge in [-0.05, 0) is 37.8 Å². The van der Waals surface area contributed by atoms with Gasteiger partial charge in [0.25, 0.3) is 5.91 Å². The van der Waals surface area contributed by atoms with Gasteiger partial charge < -0.3 is 15.0 Å². The first-order valence-corrected chi connectivity index (χ1v) is 10.4. The van der Waals surface area contributed by atoms with Gasteiger partial charge in [-0.2, -0.15) is 0 Å². The third-order valence-electron chi connectivity index (χ3n) is 7.30. The van der Waals surface area contributed by atoms with Crippen molar-refractivity contribution in [1.29, 1.82) is 0 Å². The van der Waals surface area contributed by atoms with Crippen LogP contribution in [0.15, 0.2) is 24.3 Å². The van der Waals surface area contributed by atoms with Gasteiger partial charge >= 0.3 is 0 Å². The van der Waals surface area contributed by atoms with Crippen molar-refractivity contribution in [3.05, 3.63) is 35.4 Å². The summed E-state index contributed by atoms with van der Waals surface area (Å²) in [5.74, 6) is 0.332. The van der Waals surface area contributed by atoms with Crippen molar-refractivity contribution in [3.8, 4) is 0 Å². The SMILES string of the molecule is COCCN1CC2(CCN(C(=O)c3ccccc3C)CC2)[C@]2(CCNC2=O)C1. The molecule has 2 amide bonds. The van der Waals surface area contributed by atoms with Gasteiger partial charge in [0, 0.05) is 57.4 Å². The highest BCUT2D eigenvalue weighted by Gasteiger charge is 2.63. The van der Waals surface area contributed by atoms with Crippen LogP contribution in [0.3, 0.4) is 0 Å². The van der Waals surface area contributed by atoms with E-state index in [2.05, 4.69) is 10.2 Å².